The molecule has 3 aromatic carbocycles. The van der Waals surface area contributed by atoms with Gasteiger partial charge in [0.2, 0.25) is 0 Å². The van der Waals surface area contributed by atoms with Gasteiger partial charge in [0.05, 0.1) is 24.1 Å². The highest BCUT2D eigenvalue weighted by atomic mass is 19.1. The van der Waals surface area contributed by atoms with Crippen LogP contribution in [0.25, 0.3) is 0 Å². The Bertz CT molecular complexity index is 1210. The highest BCUT2D eigenvalue weighted by molar-refractivity contribution is 6.39. The van der Waals surface area contributed by atoms with Gasteiger partial charge in [-0.1, -0.05) is 24.3 Å². The van der Waals surface area contributed by atoms with Gasteiger partial charge in [-0.3, -0.25) is 9.59 Å². The number of para-hydroxylation sites is 2. The SMILES string of the molecule is COc1ccc(C(=O)Oc2ccccc2C(C)=NNC(=O)C(=O)Nc2ccccc2F)cc1. The van der Waals surface area contributed by atoms with Crippen molar-refractivity contribution in [1.82, 2.24) is 5.43 Å². The van der Waals surface area contributed by atoms with Crippen LogP contribution in [0.4, 0.5) is 10.1 Å². The number of ether oxygens (including phenoxy) is 2. The predicted octanol–water partition coefficient (Wildman–Crippen LogP) is 3.53. The lowest BCUT2D eigenvalue weighted by atomic mass is 10.1. The normalized spacial score (nSPS) is 10.8. The van der Waals surface area contributed by atoms with Crippen molar-refractivity contribution < 1.29 is 28.2 Å². The summed E-state index contributed by atoms with van der Waals surface area (Å²) in [5, 5.41) is 6.06. The number of anilines is 1. The fourth-order valence-corrected chi connectivity index (χ4v) is 2.73. The molecule has 8 nitrogen and oxygen atoms in total. The Morgan fingerprint density at radius 3 is 2.24 bits per heavy atom. The number of rotatable bonds is 6. The van der Waals surface area contributed by atoms with Crippen LogP contribution in [0.2, 0.25) is 0 Å². The number of nitrogens with zero attached hydrogens (tertiary/aromatic N) is 1. The maximum Gasteiger partial charge on any atom is 0.343 e. The van der Waals surface area contributed by atoms with E-state index in [2.05, 4.69) is 15.8 Å². The number of carbonyl (C=O) groups excluding carboxylic acids is 3. The van der Waals surface area contributed by atoms with E-state index in [9.17, 15) is 18.8 Å². The third-order valence-corrected chi connectivity index (χ3v) is 4.46. The zero-order valence-electron chi connectivity index (χ0n) is 17.8. The predicted molar refractivity (Wildman–Crippen MR) is 120 cm³/mol. The molecule has 0 radical (unpaired) electrons. The van der Waals surface area contributed by atoms with E-state index in [4.69, 9.17) is 9.47 Å². The molecule has 0 saturated carbocycles. The number of halogens is 1. The molecule has 0 saturated heterocycles. The first-order chi connectivity index (χ1) is 15.9. The molecule has 0 spiro atoms. The molecule has 168 valence electrons. The second-order valence-electron chi connectivity index (χ2n) is 6.69. The number of hydrazone groups is 1. The monoisotopic (exact) mass is 449 g/mol. The summed E-state index contributed by atoms with van der Waals surface area (Å²) >= 11 is 0. The van der Waals surface area contributed by atoms with Gasteiger partial charge in [-0.15, -0.1) is 0 Å². The van der Waals surface area contributed by atoms with Gasteiger partial charge in [0.1, 0.15) is 17.3 Å². The third-order valence-electron chi connectivity index (χ3n) is 4.46. The molecule has 0 atom stereocenters. The summed E-state index contributed by atoms with van der Waals surface area (Å²) in [7, 11) is 1.52. The summed E-state index contributed by atoms with van der Waals surface area (Å²) in [6, 6.07) is 18.4. The van der Waals surface area contributed by atoms with Crippen LogP contribution in [-0.2, 0) is 9.59 Å². The summed E-state index contributed by atoms with van der Waals surface area (Å²) in [5.41, 5.74) is 3.00. The topological polar surface area (TPSA) is 106 Å². The van der Waals surface area contributed by atoms with Crippen molar-refractivity contribution in [3.63, 3.8) is 0 Å². The molecule has 2 N–H and O–H groups in total. The Morgan fingerprint density at radius 1 is 0.879 bits per heavy atom. The molecular formula is C24H20FN3O5. The van der Waals surface area contributed by atoms with E-state index in [-0.39, 0.29) is 17.1 Å². The number of hydrogen-bond acceptors (Lipinski definition) is 6. The standard InChI is InChI=1S/C24H20FN3O5/c1-15(27-28-23(30)22(29)26-20-9-5-4-8-19(20)25)18-7-3-6-10-21(18)33-24(31)16-11-13-17(32-2)14-12-16/h3-14H,1-2H3,(H,26,29)(H,28,30). The van der Waals surface area contributed by atoms with E-state index >= 15 is 0 Å². The zero-order valence-corrected chi connectivity index (χ0v) is 17.8. The molecule has 2 amide bonds. The Kier molecular flexibility index (Phi) is 7.48. The molecule has 0 aliphatic carbocycles. The fourth-order valence-electron chi connectivity index (χ4n) is 2.73. The number of methoxy groups -OCH3 is 1. The summed E-state index contributed by atoms with van der Waals surface area (Å²) < 4.78 is 24.2. The van der Waals surface area contributed by atoms with Gasteiger partial charge in [0.25, 0.3) is 0 Å². The van der Waals surface area contributed by atoms with Crippen LogP contribution in [0.15, 0.2) is 77.9 Å². The Morgan fingerprint density at radius 2 is 1.55 bits per heavy atom. The summed E-state index contributed by atoms with van der Waals surface area (Å²) in [6.45, 7) is 1.56. The maximum absolute atomic E-state index is 13.6. The molecule has 3 aromatic rings. The van der Waals surface area contributed by atoms with Gasteiger partial charge in [0, 0.05) is 5.56 Å². The fraction of sp³-hybridized carbons (Fsp3) is 0.0833. The molecule has 33 heavy (non-hydrogen) atoms. The molecular weight excluding hydrogens is 429 g/mol. The number of hydrogen-bond donors (Lipinski definition) is 2. The van der Waals surface area contributed by atoms with E-state index < -0.39 is 23.6 Å². The molecule has 0 heterocycles. The molecule has 0 unspecified atom stereocenters. The van der Waals surface area contributed by atoms with Crippen LogP contribution >= 0.6 is 0 Å². The van der Waals surface area contributed by atoms with Crippen LogP contribution in [0.1, 0.15) is 22.8 Å². The Balaban J connectivity index is 1.68. The van der Waals surface area contributed by atoms with Crippen LogP contribution < -0.4 is 20.2 Å². The largest absolute Gasteiger partial charge is 0.497 e. The zero-order chi connectivity index (χ0) is 23.8. The van der Waals surface area contributed by atoms with E-state index in [1.54, 1.807) is 55.5 Å². The minimum absolute atomic E-state index is 0.130. The molecule has 0 bridgehead atoms. The van der Waals surface area contributed by atoms with Crippen LogP contribution in [0.5, 0.6) is 11.5 Å². The molecule has 0 aliphatic heterocycles. The minimum Gasteiger partial charge on any atom is -0.497 e. The van der Waals surface area contributed by atoms with Crippen molar-refractivity contribution in [2.45, 2.75) is 6.92 Å². The van der Waals surface area contributed by atoms with Crippen LogP contribution in [0, 0.1) is 5.82 Å². The highest BCUT2D eigenvalue weighted by Crippen LogP contribution is 2.21. The molecule has 9 heteroatoms. The van der Waals surface area contributed by atoms with Crippen molar-refractivity contribution >= 4 is 29.2 Å². The van der Waals surface area contributed by atoms with Crippen molar-refractivity contribution in [3.05, 3.63) is 89.7 Å². The Labute approximate surface area is 189 Å². The first-order valence-electron chi connectivity index (χ1n) is 9.75. The average Bonchev–Trinajstić information content (AvgIpc) is 2.84. The van der Waals surface area contributed by atoms with E-state index in [1.165, 1.54) is 25.3 Å². The van der Waals surface area contributed by atoms with Gasteiger partial charge >= 0.3 is 17.8 Å². The van der Waals surface area contributed by atoms with Gasteiger partial charge in [0.15, 0.2) is 0 Å². The third kappa shape index (κ3) is 6.01. The molecule has 0 fully saturated rings. The van der Waals surface area contributed by atoms with Gasteiger partial charge in [-0.2, -0.15) is 5.10 Å². The quantitative estimate of drug-likeness (QED) is 0.197. The maximum atomic E-state index is 13.6. The summed E-state index contributed by atoms with van der Waals surface area (Å²) in [4.78, 5) is 36.5. The number of esters is 1. The summed E-state index contributed by atoms with van der Waals surface area (Å²) in [6.07, 6.45) is 0. The van der Waals surface area contributed by atoms with Crippen molar-refractivity contribution in [3.8, 4) is 11.5 Å². The van der Waals surface area contributed by atoms with E-state index in [0.717, 1.165) is 6.07 Å². The van der Waals surface area contributed by atoms with Gasteiger partial charge in [-0.05, 0) is 55.5 Å². The summed E-state index contributed by atoms with van der Waals surface area (Å²) in [5.74, 6) is -2.63. The first-order valence-corrected chi connectivity index (χ1v) is 9.75. The lowest BCUT2D eigenvalue weighted by Gasteiger charge is -2.10. The van der Waals surface area contributed by atoms with Gasteiger partial charge < -0.3 is 14.8 Å². The van der Waals surface area contributed by atoms with Crippen LogP contribution in [-0.4, -0.2) is 30.6 Å². The average molecular weight is 449 g/mol. The van der Waals surface area contributed by atoms with Gasteiger partial charge in [-0.25, -0.2) is 14.6 Å². The number of carbonyl (C=O) groups is 3. The lowest BCUT2D eigenvalue weighted by Crippen LogP contribution is -2.33. The van der Waals surface area contributed by atoms with Crippen molar-refractivity contribution in [1.29, 1.82) is 0 Å². The van der Waals surface area contributed by atoms with E-state index in [0.29, 0.717) is 16.9 Å². The Hall–Kier alpha value is -4.53. The minimum atomic E-state index is -1.09. The smallest absolute Gasteiger partial charge is 0.343 e. The number of amides is 2. The number of nitrogens with one attached hydrogen (secondary N) is 2. The van der Waals surface area contributed by atoms with Crippen molar-refractivity contribution in [2.24, 2.45) is 5.10 Å². The first kappa shape index (κ1) is 23.1. The molecule has 0 aliphatic rings. The van der Waals surface area contributed by atoms with Crippen molar-refractivity contribution in [2.75, 3.05) is 12.4 Å². The van der Waals surface area contributed by atoms with E-state index in [1.807, 2.05) is 0 Å². The van der Waals surface area contributed by atoms with Crippen LogP contribution in [0.3, 0.4) is 0 Å². The lowest BCUT2D eigenvalue weighted by molar-refractivity contribution is -0.136. The molecule has 0 aromatic heterocycles. The highest BCUT2D eigenvalue weighted by Gasteiger charge is 2.17. The molecule has 3 rings (SSSR count). The second kappa shape index (κ2) is 10.7. The number of benzene rings is 3. The second-order valence-corrected chi connectivity index (χ2v) is 6.69.